The van der Waals surface area contributed by atoms with E-state index in [1.54, 1.807) is 48.7 Å². The van der Waals surface area contributed by atoms with Gasteiger partial charge in [0.1, 0.15) is 0 Å². The van der Waals surface area contributed by atoms with Gasteiger partial charge in [-0.1, -0.05) is 18.2 Å². The molecule has 0 bridgehead atoms. The molecule has 0 saturated heterocycles. The summed E-state index contributed by atoms with van der Waals surface area (Å²) >= 11 is 0. The zero-order valence-corrected chi connectivity index (χ0v) is 17.2. The summed E-state index contributed by atoms with van der Waals surface area (Å²) in [5, 5.41) is 13.1. The van der Waals surface area contributed by atoms with Crippen LogP contribution in [0, 0.1) is 6.92 Å². The van der Waals surface area contributed by atoms with Crippen LogP contribution >= 0.6 is 0 Å². The number of esters is 1. The smallest absolute Gasteiger partial charge is 0.343 e. The molecule has 7 nitrogen and oxygen atoms in total. The number of hydrogen-bond acceptors (Lipinski definition) is 6. The first-order valence-electron chi connectivity index (χ1n) is 9.65. The number of carbonyl (C=O) groups excluding carboxylic acids is 1. The molecule has 0 heterocycles. The van der Waals surface area contributed by atoms with Gasteiger partial charge in [0, 0.05) is 0 Å². The quantitative estimate of drug-likeness (QED) is 0.237. The van der Waals surface area contributed by atoms with Crippen molar-refractivity contribution in [3.63, 3.8) is 0 Å². The summed E-state index contributed by atoms with van der Waals surface area (Å²) in [4.78, 5) is 23.4. The molecule has 0 aliphatic heterocycles. The SMILES string of the molecule is CCOc1cc(C=NNc2ccc(C(=O)O)cc2)ccc1OC(=O)c1ccccc1C. The zero-order chi connectivity index (χ0) is 22.2. The molecule has 2 N–H and O–H groups in total. The molecule has 3 rings (SSSR count). The van der Waals surface area contributed by atoms with Crippen LogP contribution in [0.2, 0.25) is 0 Å². The molecule has 0 radical (unpaired) electrons. The molecule has 0 fully saturated rings. The Bertz CT molecular complexity index is 1110. The van der Waals surface area contributed by atoms with Gasteiger partial charge < -0.3 is 14.6 Å². The van der Waals surface area contributed by atoms with Crippen LogP contribution in [0.1, 0.15) is 38.8 Å². The lowest BCUT2D eigenvalue weighted by Crippen LogP contribution is -2.11. The number of carboxylic acid groups (broad SMARTS) is 1. The molecular weight excluding hydrogens is 396 g/mol. The second kappa shape index (κ2) is 10.1. The maximum absolute atomic E-state index is 12.5. The van der Waals surface area contributed by atoms with Gasteiger partial charge in [-0.05, 0) is 73.5 Å². The van der Waals surface area contributed by atoms with Crippen LogP contribution in [0.4, 0.5) is 5.69 Å². The maximum atomic E-state index is 12.5. The van der Waals surface area contributed by atoms with Crippen molar-refractivity contribution < 1.29 is 24.2 Å². The number of carboxylic acids is 1. The van der Waals surface area contributed by atoms with Gasteiger partial charge in [0.25, 0.3) is 0 Å². The van der Waals surface area contributed by atoms with Gasteiger partial charge in [-0.3, -0.25) is 5.43 Å². The molecule has 0 atom stereocenters. The van der Waals surface area contributed by atoms with E-state index in [1.807, 2.05) is 26.0 Å². The van der Waals surface area contributed by atoms with Crippen LogP contribution in [0.25, 0.3) is 0 Å². The highest BCUT2D eigenvalue weighted by Crippen LogP contribution is 2.29. The molecule has 0 aliphatic rings. The molecule has 0 amide bonds. The molecular formula is C24H22N2O5. The lowest BCUT2D eigenvalue weighted by molar-refractivity contribution is 0.0694. The van der Waals surface area contributed by atoms with Gasteiger partial charge in [-0.15, -0.1) is 0 Å². The molecule has 0 unspecified atom stereocenters. The first kappa shape index (κ1) is 21.6. The number of hydrazone groups is 1. The third kappa shape index (κ3) is 5.70. The molecule has 3 aromatic carbocycles. The summed E-state index contributed by atoms with van der Waals surface area (Å²) < 4.78 is 11.2. The largest absolute Gasteiger partial charge is 0.490 e. The van der Waals surface area contributed by atoms with E-state index in [9.17, 15) is 9.59 Å². The molecule has 0 aromatic heterocycles. The van der Waals surface area contributed by atoms with Gasteiger partial charge in [0.05, 0.1) is 29.6 Å². The fourth-order valence-corrected chi connectivity index (χ4v) is 2.78. The molecule has 3 aromatic rings. The lowest BCUT2D eigenvalue weighted by atomic mass is 10.1. The predicted octanol–water partition coefficient (Wildman–Crippen LogP) is 4.76. The minimum atomic E-state index is -0.985. The first-order chi connectivity index (χ1) is 15.0. The molecule has 0 aliphatic carbocycles. The summed E-state index contributed by atoms with van der Waals surface area (Å²) in [6.07, 6.45) is 1.58. The normalized spacial score (nSPS) is 10.6. The fraction of sp³-hybridized carbons (Fsp3) is 0.125. The number of rotatable bonds is 8. The van der Waals surface area contributed by atoms with Gasteiger partial charge in [-0.25, -0.2) is 9.59 Å². The first-order valence-corrected chi connectivity index (χ1v) is 9.65. The molecule has 0 spiro atoms. The van der Waals surface area contributed by atoms with Crippen molar-refractivity contribution in [1.29, 1.82) is 0 Å². The third-order valence-corrected chi connectivity index (χ3v) is 4.37. The Morgan fingerprint density at radius 3 is 2.45 bits per heavy atom. The highest BCUT2D eigenvalue weighted by atomic mass is 16.6. The van der Waals surface area contributed by atoms with Crippen LogP contribution in [0.15, 0.2) is 71.8 Å². The number of nitrogens with one attached hydrogen (secondary N) is 1. The lowest BCUT2D eigenvalue weighted by Gasteiger charge is -2.12. The second-order valence-corrected chi connectivity index (χ2v) is 6.60. The number of carbonyl (C=O) groups is 2. The topological polar surface area (TPSA) is 97.2 Å². The van der Waals surface area contributed by atoms with Crippen LogP contribution in [-0.4, -0.2) is 29.9 Å². The van der Waals surface area contributed by atoms with Gasteiger partial charge in [0.2, 0.25) is 0 Å². The van der Waals surface area contributed by atoms with E-state index in [1.165, 1.54) is 12.1 Å². The average molecular weight is 418 g/mol. The number of hydrogen-bond donors (Lipinski definition) is 2. The number of anilines is 1. The number of ether oxygens (including phenoxy) is 2. The standard InChI is InChI=1S/C24H22N2O5/c1-3-30-22-14-17(15-25-26-19-11-9-18(10-12-19)23(27)28)8-13-21(22)31-24(29)20-7-5-4-6-16(20)2/h4-15,26H,3H2,1-2H3,(H,27,28). The Morgan fingerprint density at radius 2 is 1.77 bits per heavy atom. The average Bonchev–Trinajstić information content (AvgIpc) is 2.76. The van der Waals surface area contributed by atoms with Crippen molar-refractivity contribution in [2.24, 2.45) is 5.10 Å². The van der Waals surface area contributed by atoms with Crippen molar-refractivity contribution in [3.05, 3.63) is 89.0 Å². The number of nitrogens with zero attached hydrogens (tertiary/aromatic N) is 1. The van der Waals surface area contributed by atoms with E-state index in [-0.39, 0.29) is 5.56 Å². The Morgan fingerprint density at radius 1 is 1.03 bits per heavy atom. The maximum Gasteiger partial charge on any atom is 0.343 e. The molecule has 0 saturated carbocycles. The summed E-state index contributed by atoms with van der Waals surface area (Å²) in [5.41, 5.74) is 5.74. The fourth-order valence-electron chi connectivity index (χ4n) is 2.78. The molecule has 31 heavy (non-hydrogen) atoms. The van der Waals surface area contributed by atoms with Crippen molar-refractivity contribution in [2.45, 2.75) is 13.8 Å². The van der Waals surface area contributed by atoms with Gasteiger partial charge >= 0.3 is 11.9 Å². The van der Waals surface area contributed by atoms with Crippen molar-refractivity contribution in [1.82, 2.24) is 0 Å². The van der Waals surface area contributed by atoms with Crippen molar-refractivity contribution in [2.75, 3.05) is 12.0 Å². The van der Waals surface area contributed by atoms with Gasteiger partial charge in [0.15, 0.2) is 11.5 Å². The zero-order valence-electron chi connectivity index (χ0n) is 17.2. The minimum Gasteiger partial charge on any atom is -0.490 e. The van der Waals surface area contributed by atoms with E-state index >= 15 is 0 Å². The van der Waals surface area contributed by atoms with E-state index in [4.69, 9.17) is 14.6 Å². The Hall–Kier alpha value is -4.13. The van der Waals surface area contributed by atoms with E-state index in [0.29, 0.717) is 29.4 Å². The Labute approximate surface area is 179 Å². The molecule has 7 heteroatoms. The van der Waals surface area contributed by atoms with E-state index in [2.05, 4.69) is 10.5 Å². The number of aromatic carboxylic acids is 1. The van der Waals surface area contributed by atoms with Crippen LogP contribution in [0.5, 0.6) is 11.5 Å². The monoisotopic (exact) mass is 418 g/mol. The Kier molecular flexibility index (Phi) is 7.01. The second-order valence-electron chi connectivity index (χ2n) is 6.60. The highest BCUT2D eigenvalue weighted by Gasteiger charge is 2.14. The van der Waals surface area contributed by atoms with Crippen LogP contribution in [0.3, 0.4) is 0 Å². The van der Waals surface area contributed by atoms with E-state index in [0.717, 1.165) is 11.1 Å². The predicted molar refractivity (Wildman–Crippen MR) is 118 cm³/mol. The minimum absolute atomic E-state index is 0.201. The molecule has 158 valence electrons. The summed E-state index contributed by atoms with van der Waals surface area (Å²) in [6, 6.07) is 18.6. The van der Waals surface area contributed by atoms with E-state index < -0.39 is 11.9 Å². The highest BCUT2D eigenvalue weighted by molar-refractivity contribution is 5.93. The summed E-state index contributed by atoms with van der Waals surface area (Å²) in [7, 11) is 0. The number of aryl methyl sites for hydroxylation is 1. The third-order valence-electron chi connectivity index (χ3n) is 4.37. The van der Waals surface area contributed by atoms with Crippen LogP contribution in [-0.2, 0) is 0 Å². The van der Waals surface area contributed by atoms with Gasteiger partial charge in [-0.2, -0.15) is 5.10 Å². The van der Waals surface area contributed by atoms with Crippen molar-refractivity contribution in [3.8, 4) is 11.5 Å². The van der Waals surface area contributed by atoms with Crippen LogP contribution < -0.4 is 14.9 Å². The number of benzene rings is 3. The summed E-state index contributed by atoms with van der Waals surface area (Å²) in [6.45, 7) is 4.10. The van der Waals surface area contributed by atoms with Crippen molar-refractivity contribution >= 4 is 23.8 Å². The summed E-state index contributed by atoms with van der Waals surface area (Å²) in [5.74, 6) is -0.683. The Balaban J connectivity index is 1.72.